The lowest BCUT2D eigenvalue weighted by Crippen LogP contribution is -2.15. The van der Waals surface area contributed by atoms with Gasteiger partial charge >= 0.3 is 0 Å². The first-order chi connectivity index (χ1) is 6.03. The summed E-state index contributed by atoms with van der Waals surface area (Å²) in [6.07, 6.45) is 0. The number of nitrogens with zero attached hydrogens (tertiary/aromatic N) is 1. The van der Waals surface area contributed by atoms with Crippen LogP contribution in [0.2, 0.25) is 0 Å². The Morgan fingerprint density at radius 3 is 2.54 bits per heavy atom. The lowest BCUT2D eigenvalue weighted by molar-refractivity contribution is 0.597. The summed E-state index contributed by atoms with van der Waals surface area (Å²) >= 11 is 0. The second-order valence-corrected chi connectivity index (χ2v) is 4.19. The molecule has 1 aromatic rings. The molecule has 0 fully saturated rings. The average molecular weight is 196 g/mol. The maximum Gasteiger partial charge on any atom is 0.213 e. The molecule has 0 spiro atoms. The Balaban J connectivity index is 3.10. The number of nitrogens with two attached hydrogens (primary N) is 1. The van der Waals surface area contributed by atoms with Crippen LogP contribution in [0.1, 0.15) is 11.1 Å². The van der Waals surface area contributed by atoms with Crippen molar-refractivity contribution >= 4 is 10.0 Å². The first-order valence-electron chi connectivity index (χ1n) is 3.51. The molecule has 0 atom stereocenters. The fourth-order valence-electron chi connectivity index (χ4n) is 0.972. The van der Waals surface area contributed by atoms with Crippen LogP contribution in [-0.4, -0.2) is 8.42 Å². The van der Waals surface area contributed by atoms with Gasteiger partial charge in [0.25, 0.3) is 0 Å². The average Bonchev–Trinajstić information content (AvgIpc) is 2.02. The molecule has 0 aromatic heterocycles. The van der Waals surface area contributed by atoms with Gasteiger partial charge in [-0.05, 0) is 11.6 Å². The van der Waals surface area contributed by atoms with Crippen LogP contribution < -0.4 is 5.14 Å². The van der Waals surface area contributed by atoms with Crippen LogP contribution in [0.3, 0.4) is 0 Å². The molecule has 0 bridgehead atoms. The van der Waals surface area contributed by atoms with E-state index < -0.39 is 10.0 Å². The highest BCUT2D eigenvalue weighted by atomic mass is 32.2. The van der Waals surface area contributed by atoms with E-state index in [1.165, 1.54) is 0 Å². The van der Waals surface area contributed by atoms with E-state index in [2.05, 4.69) is 0 Å². The van der Waals surface area contributed by atoms with Gasteiger partial charge in [-0.2, -0.15) is 5.26 Å². The van der Waals surface area contributed by atoms with Crippen LogP contribution in [0, 0.1) is 11.3 Å². The predicted molar refractivity (Wildman–Crippen MR) is 48.0 cm³/mol. The van der Waals surface area contributed by atoms with Crippen molar-refractivity contribution in [2.45, 2.75) is 5.75 Å². The van der Waals surface area contributed by atoms with Crippen LogP contribution in [0.4, 0.5) is 0 Å². The van der Waals surface area contributed by atoms with Gasteiger partial charge < -0.3 is 0 Å². The third kappa shape index (κ3) is 2.86. The number of benzene rings is 1. The fraction of sp³-hybridized carbons (Fsp3) is 0.125. The van der Waals surface area contributed by atoms with Gasteiger partial charge in [-0.3, -0.25) is 0 Å². The normalized spacial score (nSPS) is 10.8. The summed E-state index contributed by atoms with van der Waals surface area (Å²) in [5.41, 5.74) is 0.782. The number of primary sulfonamides is 1. The van der Waals surface area contributed by atoms with E-state index in [1.54, 1.807) is 24.3 Å². The summed E-state index contributed by atoms with van der Waals surface area (Å²) < 4.78 is 21.5. The van der Waals surface area contributed by atoms with E-state index in [9.17, 15) is 8.42 Å². The van der Waals surface area contributed by atoms with E-state index in [4.69, 9.17) is 10.4 Å². The van der Waals surface area contributed by atoms with Gasteiger partial charge in [0.1, 0.15) is 0 Å². The van der Waals surface area contributed by atoms with Gasteiger partial charge in [0.05, 0.1) is 17.4 Å². The monoisotopic (exact) mass is 196 g/mol. The molecule has 0 saturated heterocycles. The smallest absolute Gasteiger partial charge is 0.213 e. The number of rotatable bonds is 2. The first-order valence-corrected chi connectivity index (χ1v) is 5.23. The molecule has 1 aromatic carbocycles. The van der Waals surface area contributed by atoms with Gasteiger partial charge in [0, 0.05) is 0 Å². The van der Waals surface area contributed by atoms with Crippen molar-refractivity contribution in [3.63, 3.8) is 0 Å². The topological polar surface area (TPSA) is 83.9 Å². The lowest BCUT2D eigenvalue weighted by Gasteiger charge is -2.00. The van der Waals surface area contributed by atoms with Crippen molar-refractivity contribution in [3.8, 4) is 6.07 Å². The molecule has 0 radical (unpaired) electrons. The molecule has 2 N–H and O–H groups in total. The number of hydrogen-bond donors (Lipinski definition) is 1. The Kier molecular flexibility index (Phi) is 2.66. The Morgan fingerprint density at radius 1 is 1.38 bits per heavy atom. The number of hydrogen-bond acceptors (Lipinski definition) is 3. The number of nitriles is 1. The van der Waals surface area contributed by atoms with Crippen molar-refractivity contribution in [2.75, 3.05) is 0 Å². The third-order valence-corrected chi connectivity index (χ3v) is 2.21. The Hall–Kier alpha value is -1.38. The van der Waals surface area contributed by atoms with Gasteiger partial charge in [0.2, 0.25) is 10.0 Å². The van der Waals surface area contributed by atoms with Crippen molar-refractivity contribution in [1.29, 1.82) is 5.26 Å². The summed E-state index contributed by atoms with van der Waals surface area (Å²) in [5.74, 6) is -0.295. The highest BCUT2D eigenvalue weighted by Gasteiger charge is 2.08. The molecule has 0 heterocycles. The Bertz CT molecular complexity index is 445. The molecule has 0 unspecified atom stereocenters. The standard InChI is InChI=1S/C8H8N2O2S/c9-5-7-3-1-2-4-8(7)6-13(10,11)12/h1-4H,6H2,(H2,10,11,12). The van der Waals surface area contributed by atoms with Crippen LogP contribution in [0.25, 0.3) is 0 Å². The molecular formula is C8H8N2O2S. The molecule has 5 heteroatoms. The largest absolute Gasteiger partial charge is 0.228 e. The van der Waals surface area contributed by atoms with E-state index >= 15 is 0 Å². The highest BCUT2D eigenvalue weighted by Crippen LogP contribution is 2.09. The van der Waals surface area contributed by atoms with Crippen LogP contribution >= 0.6 is 0 Å². The Morgan fingerprint density at radius 2 is 2.00 bits per heavy atom. The van der Waals surface area contributed by atoms with E-state index in [0.29, 0.717) is 11.1 Å². The summed E-state index contributed by atoms with van der Waals surface area (Å²) in [5, 5.41) is 13.5. The molecule has 0 amide bonds. The summed E-state index contributed by atoms with van der Waals surface area (Å²) in [4.78, 5) is 0. The lowest BCUT2D eigenvalue weighted by atomic mass is 10.1. The quantitative estimate of drug-likeness (QED) is 0.740. The molecule has 13 heavy (non-hydrogen) atoms. The fourth-order valence-corrected chi connectivity index (χ4v) is 1.66. The van der Waals surface area contributed by atoms with Crippen molar-refractivity contribution in [2.24, 2.45) is 5.14 Å². The molecule has 68 valence electrons. The number of sulfonamides is 1. The van der Waals surface area contributed by atoms with Crippen molar-refractivity contribution in [1.82, 2.24) is 0 Å². The van der Waals surface area contributed by atoms with Crippen molar-refractivity contribution < 1.29 is 8.42 Å². The van der Waals surface area contributed by atoms with Gasteiger partial charge in [-0.15, -0.1) is 0 Å². The second-order valence-electron chi connectivity index (χ2n) is 2.58. The summed E-state index contributed by atoms with van der Waals surface area (Å²) in [6, 6.07) is 8.37. The molecule has 0 aliphatic heterocycles. The highest BCUT2D eigenvalue weighted by molar-refractivity contribution is 7.88. The zero-order chi connectivity index (χ0) is 9.90. The van der Waals surface area contributed by atoms with Crippen molar-refractivity contribution in [3.05, 3.63) is 35.4 Å². The molecule has 0 aliphatic carbocycles. The maximum atomic E-state index is 10.7. The van der Waals surface area contributed by atoms with Crippen LogP contribution in [0.5, 0.6) is 0 Å². The first kappa shape index (κ1) is 9.71. The molecule has 4 nitrogen and oxygen atoms in total. The molecule has 1 rings (SSSR count). The third-order valence-electron chi connectivity index (χ3n) is 1.49. The molecular weight excluding hydrogens is 188 g/mol. The minimum absolute atomic E-state index is 0.295. The molecule has 0 aliphatic rings. The SMILES string of the molecule is N#Cc1ccccc1CS(N)(=O)=O. The van der Waals surface area contributed by atoms with Gasteiger partial charge in [-0.25, -0.2) is 13.6 Å². The maximum absolute atomic E-state index is 10.7. The zero-order valence-electron chi connectivity index (χ0n) is 6.77. The minimum atomic E-state index is -3.56. The summed E-state index contributed by atoms with van der Waals surface area (Å²) in [7, 11) is -3.56. The Labute approximate surface area is 76.7 Å². The van der Waals surface area contributed by atoms with Gasteiger partial charge in [-0.1, -0.05) is 18.2 Å². The second kappa shape index (κ2) is 3.56. The zero-order valence-corrected chi connectivity index (χ0v) is 7.58. The van der Waals surface area contributed by atoms with Gasteiger partial charge in [0.15, 0.2) is 0 Å². The van der Waals surface area contributed by atoms with Crippen LogP contribution in [0.15, 0.2) is 24.3 Å². The predicted octanol–water partition coefficient (Wildman–Crippen LogP) is 0.347. The summed E-state index contributed by atoms with van der Waals surface area (Å²) in [6.45, 7) is 0. The molecule has 0 saturated carbocycles. The van der Waals surface area contributed by atoms with Crippen LogP contribution in [-0.2, 0) is 15.8 Å². The van der Waals surface area contributed by atoms with E-state index in [1.807, 2.05) is 6.07 Å². The van der Waals surface area contributed by atoms with E-state index in [0.717, 1.165) is 0 Å². The van der Waals surface area contributed by atoms with E-state index in [-0.39, 0.29) is 5.75 Å². The minimum Gasteiger partial charge on any atom is -0.228 e.